The van der Waals surface area contributed by atoms with Gasteiger partial charge in [-0.3, -0.25) is 14.5 Å². The first-order chi connectivity index (χ1) is 22.5. The average molecular weight is 653 g/mol. The van der Waals surface area contributed by atoms with Crippen LogP contribution in [0.4, 0.5) is 13.2 Å². The number of benzene rings is 3. The highest BCUT2D eigenvalue weighted by Crippen LogP contribution is 2.38. The number of nitrogens with zero attached hydrogens (tertiary/aromatic N) is 4. The highest BCUT2D eigenvalue weighted by atomic mass is 19.4. The Morgan fingerprint density at radius 3 is 2.28 bits per heavy atom. The Labute approximate surface area is 272 Å². The summed E-state index contributed by atoms with van der Waals surface area (Å²) in [4.78, 5) is 31.4. The summed E-state index contributed by atoms with van der Waals surface area (Å²) in [5.74, 6) is 0.0758. The summed E-state index contributed by atoms with van der Waals surface area (Å²) in [7, 11) is 3.08. The molecule has 0 aliphatic carbocycles. The maximum atomic E-state index is 14.2. The van der Waals surface area contributed by atoms with E-state index in [1.807, 2.05) is 44.2 Å². The van der Waals surface area contributed by atoms with Crippen LogP contribution in [0.5, 0.6) is 11.5 Å². The van der Waals surface area contributed by atoms with Crippen LogP contribution in [0, 0.1) is 13.8 Å². The molecule has 0 radical (unpaired) electrons. The molecule has 3 aromatic rings. The van der Waals surface area contributed by atoms with Crippen molar-refractivity contribution in [1.29, 1.82) is 0 Å². The van der Waals surface area contributed by atoms with E-state index in [0.29, 0.717) is 50.8 Å². The van der Waals surface area contributed by atoms with Crippen LogP contribution in [0.2, 0.25) is 0 Å². The van der Waals surface area contributed by atoms with Crippen molar-refractivity contribution >= 4 is 17.5 Å². The lowest BCUT2D eigenvalue weighted by molar-refractivity contribution is -0.137. The number of hydrogen-bond acceptors (Lipinski definition) is 7. The fraction of sp³-hybridized carbons (Fsp3) is 0.400. The van der Waals surface area contributed by atoms with E-state index in [9.17, 15) is 22.8 Å². The lowest BCUT2D eigenvalue weighted by Gasteiger charge is -2.31. The van der Waals surface area contributed by atoms with Crippen LogP contribution in [0.15, 0.2) is 65.8 Å². The van der Waals surface area contributed by atoms with E-state index in [4.69, 9.17) is 19.3 Å². The number of carbonyl (C=O) groups is 2. The third kappa shape index (κ3) is 7.94. The smallest absolute Gasteiger partial charge is 0.416 e. The van der Waals surface area contributed by atoms with Crippen LogP contribution < -0.4 is 9.47 Å². The highest BCUT2D eigenvalue weighted by molar-refractivity contribution is 6.04. The maximum Gasteiger partial charge on any atom is 0.416 e. The SMILES string of the molecule is COc1ccc([C@H]2CC(c3ccc(C)c(C)c3)=NN2C(=O)CN(CCN2CCOCC2)C(=O)c2ccc(C(F)(F)F)cc2)cc1OC. The number of hydrazone groups is 1. The van der Waals surface area contributed by atoms with Crippen molar-refractivity contribution in [3.05, 3.63) is 94.0 Å². The molecule has 0 unspecified atom stereocenters. The first-order valence-corrected chi connectivity index (χ1v) is 15.4. The minimum atomic E-state index is -4.53. The molecule has 250 valence electrons. The molecule has 9 nitrogen and oxygen atoms in total. The summed E-state index contributed by atoms with van der Waals surface area (Å²) in [6, 6.07) is 15.0. The van der Waals surface area contributed by atoms with Gasteiger partial charge in [-0.25, -0.2) is 5.01 Å². The molecule has 0 N–H and O–H groups in total. The first-order valence-electron chi connectivity index (χ1n) is 15.4. The van der Waals surface area contributed by atoms with E-state index in [1.165, 1.54) is 17.0 Å². The largest absolute Gasteiger partial charge is 0.493 e. The molecule has 47 heavy (non-hydrogen) atoms. The number of halogens is 3. The van der Waals surface area contributed by atoms with Gasteiger partial charge < -0.3 is 19.1 Å². The van der Waals surface area contributed by atoms with Crippen LogP contribution in [-0.2, 0) is 15.7 Å². The molecule has 2 amide bonds. The van der Waals surface area contributed by atoms with Gasteiger partial charge in [0, 0.05) is 38.2 Å². The second-order valence-corrected chi connectivity index (χ2v) is 11.7. The average Bonchev–Trinajstić information content (AvgIpc) is 3.53. The molecule has 2 aliphatic rings. The Morgan fingerprint density at radius 1 is 0.936 bits per heavy atom. The van der Waals surface area contributed by atoms with E-state index in [1.54, 1.807) is 13.2 Å². The number of amides is 2. The van der Waals surface area contributed by atoms with Crippen LogP contribution in [0.25, 0.3) is 0 Å². The predicted molar refractivity (Wildman–Crippen MR) is 171 cm³/mol. The van der Waals surface area contributed by atoms with Gasteiger partial charge in [-0.1, -0.05) is 18.2 Å². The molecule has 0 spiro atoms. The van der Waals surface area contributed by atoms with E-state index >= 15 is 0 Å². The quantitative estimate of drug-likeness (QED) is 0.288. The molecule has 1 atom stereocenters. The third-order valence-corrected chi connectivity index (χ3v) is 8.66. The highest BCUT2D eigenvalue weighted by Gasteiger charge is 2.36. The Kier molecular flexibility index (Phi) is 10.5. The predicted octanol–water partition coefficient (Wildman–Crippen LogP) is 5.49. The molecule has 0 bridgehead atoms. The van der Waals surface area contributed by atoms with Gasteiger partial charge in [0.1, 0.15) is 6.54 Å². The summed E-state index contributed by atoms with van der Waals surface area (Å²) in [6.07, 6.45) is -4.11. The third-order valence-electron chi connectivity index (χ3n) is 8.66. The maximum absolute atomic E-state index is 14.2. The zero-order valence-electron chi connectivity index (χ0n) is 27.0. The molecule has 3 aromatic carbocycles. The summed E-state index contributed by atoms with van der Waals surface area (Å²) in [5, 5.41) is 6.21. The van der Waals surface area contributed by atoms with Crippen molar-refractivity contribution in [2.75, 3.05) is 60.2 Å². The molecule has 1 saturated heterocycles. The zero-order chi connectivity index (χ0) is 33.7. The van der Waals surface area contributed by atoms with Gasteiger partial charge in [-0.15, -0.1) is 0 Å². The van der Waals surface area contributed by atoms with Crippen molar-refractivity contribution in [1.82, 2.24) is 14.8 Å². The summed E-state index contributed by atoms with van der Waals surface area (Å²) in [5.41, 5.74) is 3.81. The molecule has 5 rings (SSSR count). The van der Waals surface area contributed by atoms with Crippen molar-refractivity contribution < 1.29 is 37.0 Å². The first kappa shape index (κ1) is 33.9. The van der Waals surface area contributed by atoms with Gasteiger partial charge in [0.05, 0.1) is 44.8 Å². The topological polar surface area (TPSA) is 83.9 Å². The molecular weight excluding hydrogens is 613 g/mol. The Balaban J connectivity index is 1.46. The Bertz CT molecular complexity index is 1620. The lowest BCUT2D eigenvalue weighted by atomic mass is 9.96. The van der Waals surface area contributed by atoms with Gasteiger partial charge >= 0.3 is 6.18 Å². The molecule has 12 heteroatoms. The van der Waals surface area contributed by atoms with Crippen LogP contribution in [0.1, 0.15) is 50.6 Å². The minimum Gasteiger partial charge on any atom is -0.493 e. The molecule has 2 aliphatic heterocycles. The Hall–Kier alpha value is -4.42. The summed E-state index contributed by atoms with van der Waals surface area (Å²) < 4.78 is 56.1. The number of alkyl halides is 3. The monoisotopic (exact) mass is 652 g/mol. The van der Waals surface area contributed by atoms with Gasteiger partial charge in [0.2, 0.25) is 0 Å². The summed E-state index contributed by atoms with van der Waals surface area (Å²) in [6.45, 7) is 6.84. The number of carbonyl (C=O) groups excluding carboxylic acids is 2. The number of morpholine rings is 1. The van der Waals surface area contributed by atoms with Crippen molar-refractivity contribution in [3.8, 4) is 11.5 Å². The van der Waals surface area contributed by atoms with E-state index in [0.717, 1.165) is 52.2 Å². The minimum absolute atomic E-state index is 0.0601. The fourth-order valence-corrected chi connectivity index (χ4v) is 5.71. The zero-order valence-corrected chi connectivity index (χ0v) is 27.0. The standard InChI is InChI=1S/C35H39F3N4O5/c1-23-5-6-26(19-24(23)2)29-21-30(27-9-12-31(45-3)32(20-27)46-4)42(39-29)33(43)22-41(14-13-40-15-17-47-18-16-40)34(44)25-7-10-28(11-8-25)35(36,37)38/h5-12,19-20,30H,13-18,21-22H2,1-4H3/t30-/m1/s1. The molecule has 0 saturated carbocycles. The van der Waals surface area contributed by atoms with Crippen molar-refractivity contribution in [3.63, 3.8) is 0 Å². The van der Waals surface area contributed by atoms with Crippen LogP contribution in [-0.4, -0.2) is 92.5 Å². The molecule has 0 aromatic heterocycles. The van der Waals surface area contributed by atoms with Gasteiger partial charge in [0.25, 0.3) is 11.8 Å². The fourth-order valence-electron chi connectivity index (χ4n) is 5.71. The van der Waals surface area contributed by atoms with E-state index in [-0.39, 0.29) is 18.7 Å². The van der Waals surface area contributed by atoms with Crippen molar-refractivity contribution in [2.24, 2.45) is 5.10 Å². The Morgan fingerprint density at radius 2 is 1.64 bits per heavy atom. The van der Waals surface area contributed by atoms with E-state index in [2.05, 4.69) is 4.90 Å². The van der Waals surface area contributed by atoms with Crippen molar-refractivity contribution in [2.45, 2.75) is 32.5 Å². The van der Waals surface area contributed by atoms with Gasteiger partial charge in [-0.2, -0.15) is 18.3 Å². The van der Waals surface area contributed by atoms with E-state index < -0.39 is 29.6 Å². The number of ether oxygens (including phenoxy) is 3. The second kappa shape index (κ2) is 14.6. The molecular formula is C35H39F3N4O5. The lowest BCUT2D eigenvalue weighted by Crippen LogP contribution is -2.46. The van der Waals surface area contributed by atoms with Gasteiger partial charge in [0.15, 0.2) is 11.5 Å². The van der Waals surface area contributed by atoms with Crippen LogP contribution >= 0.6 is 0 Å². The molecule has 2 heterocycles. The number of aryl methyl sites for hydroxylation is 2. The van der Waals surface area contributed by atoms with Crippen LogP contribution in [0.3, 0.4) is 0 Å². The number of rotatable bonds is 10. The number of hydrogen-bond donors (Lipinski definition) is 0. The number of methoxy groups -OCH3 is 2. The second-order valence-electron chi connectivity index (χ2n) is 11.7. The normalized spacial score (nSPS) is 17.0. The summed E-state index contributed by atoms with van der Waals surface area (Å²) >= 11 is 0. The molecule has 1 fully saturated rings. The van der Waals surface area contributed by atoms with Gasteiger partial charge in [-0.05, 0) is 78.6 Å².